The van der Waals surface area contributed by atoms with Crippen LogP contribution < -0.4 is 0 Å². The molecule has 0 N–H and O–H groups in total. The highest BCUT2D eigenvalue weighted by Crippen LogP contribution is 2.68. The molecule has 4 nitrogen and oxygen atoms in total. The molecule has 4 saturated carbocycles. The summed E-state index contributed by atoms with van der Waals surface area (Å²) >= 11 is 0. The van der Waals surface area contributed by atoms with E-state index in [0.29, 0.717) is 30.4 Å². The summed E-state index contributed by atoms with van der Waals surface area (Å²) in [6, 6.07) is 0. The van der Waals surface area contributed by atoms with Gasteiger partial charge in [0.15, 0.2) is 0 Å². The maximum Gasteiger partial charge on any atom is 0.311 e. The lowest BCUT2D eigenvalue weighted by Gasteiger charge is -2.67. The van der Waals surface area contributed by atoms with Crippen molar-refractivity contribution in [2.75, 3.05) is 13.2 Å². The second-order valence-corrected chi connectivity index (χ2v) is 9.51. The first-order valence-electron chi connectivity index (χ1n) is 9.24. The Morgan fingerprint density at radius 1 is 1.17 bits per heavy atom. The zero-order valence-corrected chi connectivity index (χ0v) is 14.7. The van der Waals surface area contributed by atoms with Crippen molar-refractivity contribution < 1.29 is 14.3 Å². The molecule has 4 bridgehead atoms. The molecule has 1 heterocycles. The highest BCUT2D eigenvalue weighted by Gasteiger charge is 2.63. The monoisotopic (exact) mass is 319 g/mol. The van der Waals surface area contributed by atoms with Crippen LogP contribution in [0.1, 0.15) is 65.7 Å². The zero-order valence-electron chi connectivity index (χ0n) is 14.7. The Hall–Kier alpha value is -1.06. The van der Waals surface area contributed by atoms with Crippen LogP contribution >= 0.6 is 0 Å². The number of ether oxygens (including phenoxy) is 1. The summed E-state index contributed by atoms with van der Waals surface area (Å²) in [6.45, 7) is 7.65. The highest BCUT2D eigenvalue weighted by atomic mass is 16.5. The van der Waals surface area contributed by atoms with E-state index in [4.69, 9.17) is 4.74 Å². The van der Waals surface area contributed by atoms with E-state index in [2.05, 4.69) is 18.7 Å². The summed E-state index contributed by atoms with van der Waals surface area (Å²) in [4.78, 5) is 26.9. The third kappa shape index (κ3) is 2.32. The maximum absolute atomic E-state index is 12.7. The molecule has 0 aromatic heterocycles. The fourth-order valence-corrected chi connectivity index (χ4v) is 7.27. The minimum absolute atomic E-state index is 0.0151. The Labute approximate surface area is 138 Å². The lowest BCUT2D eigenvalue weighted by Crippen LogP contribution is -2.65. The molecular formula is C19H29NO3. The Balaban J connectivity index is 1.60. The van der Waals surface area contributed by atoms with Gasteiger partial charge in [0.1, 0.15) is 0 Å². The molecule has 4 heteroatoms. The molecule has 5 rings (SSSR count). The first-order valence-corrected chi connectivity index (χ1v) is 9.24. The van der Waals surface area contributed by atoms with Crippen molar-refractivity contribution in [3.05, 3.63) is 0 Å². The predicted molar refractivity (Wildman–Crippen MR) is 86.6 cm³/mol. The summed E-state index contributed by atoms with van der Waals surface area (Å²) in [6.07, 6.45) is 7.72. The van der Waals surface area contributed by atoms with Crippen LogP contribution in [-0.2, 0) is 14.3 Å². The fraction of sp³-hybridized carbons (Fsp3) is 0.895. The second kappa shape index (κ2) is 4.73. The molecule has 5 fully saturated rings. The van der Waals surface area contributed by atoms with Gasteiger partial charge in [-0.1, -0.05) is 13.8 Å². The van der Waals surface area contributed by atoms with E-state index < -0.39 is 0 Å². The van der Waals surface area contributed by atoms with Crippen molar-refractivity contribution in [2.45, 2.75) is 71.3 Å². The minimum Gasteiger partial charge on any atom is -0.466 e. The van der Waals surface area contributed by atoms with E-state index in [1.54, 1.807) is 0 Å². The molecule has 128 valence electrons. The average molecular weight is 319 g/mol. The van der Waals surface area contributed by atoms with Gasteiger partial charge in [-0.3, -0.25) is 9.59 Å². The lowest BCUT2D eigenvalue weighted by molar-refractivity contribution is -0.170. The molecule has 0 unspecified atom stereocenters. The molecule has 0 spiro atoms. The van der Waals surface area contributed by atoms with Crippen LogP contribution in [0.3, 0.4) is 0 Å². The highest BCUT2D eigenvalue weighted by molar-refractivity contribution is 5.87. The number of likely N-dealkylation sites (tertiary alicyclic amines) is 1. The number of esters is 1. The Morgan fingerprint density at radius 3 is 2.39 bits per heavy atom. The van der Waals surface area contributed by atoms with E-state index in [-0.39, 0.29) is 23.3 Å². The number of carbonyl (C=O) groups excluding carboxylic acids is 2. The summed E-state index contributed by atoms with van der Waals surface area (Å²) in [5.74, 6) is 0.495. The van der Waals surface area contributed by atoms with Gasteiger partial charge in [-0.05, 0) is 62.2 Å². The second-order valence-electron chi connectivity index (χ2n) is 9.51. The molecule has 3 atom stereocenters. The Morgan fingerprint density at radius 2 is 1.83 bits per heavy atom. The van der Waals surface area contributed by atoms with Gasteiger partial charge in [0.25, 0.3) is 0 Å². The Kier molecular flexibility index (Phi) is 3.18. The number of hydrogen-bond acceptors (Lipinski definition) is 3. The fourth-order valence-electron chi connectivity index (χ4n) is 7.27. The van der Waals surface area contributed by atoms with Gasteiger partial charge in [0, 0.05) is 18.5 Å². The number of nitrogens with zero attached hydrogens (tertiary/aromatic N) is 1. The van der Waals surface area contributed by atoms with Crippen LogP contribution in [-0.4, -0.2) is 35.5 Å². The van der Waals surface area contributed by atoms with Crippen molar-refractivity contribution in [2.24, 2.45) is 22.7 Å². The van der Waals surface area contributed by atoms with E-state index >= 15 is 0 Å². The topological polar surface area (TPSA) is 46.6 Å². The van der Waals surface area contributed by atoms with E-state index in [1.807, 2.05) is 6.92 Å². The van der Waals surface area contributed by atoms with Crippen LogP contribution in [0.15, 0.2) is 0 Å². The van der Waals surface area contributed by atoms with Crippen LogP contribution in [0.5, 0.6) is 0 Å². The zero-order chi connectivity index (χ0) is 16.5. The van der Waals surface area contributed by atoms with E-state index in [0.717, 1.165) is 25.2 Å². The third-order valence-electron chi connectivity index (χ3n) is 6.91. The van der Waals surface area contributed by atoms with Crippen LogP contribution in [0, 0.1) is 22.7 Å². The molecule has 0 aromatic carbocycles. The SMILES string of the molecule is CCOC(=O)[C@@H]1CC(=O)N(C23CC4C[C@@](C)(C2)C[C@@](C)(C4)C3)C1. The predicted octanol–water partition coefficient (Wildman–Crippen LogP) is 3.15. The van der Waals surface area contributed by atoms with Crippen LogP contribution in [0.2, 0.25) is 0 Å². The van der Waals surface area contributed by atoms with Crippen LogP contribution in [0.4, 0.5) is 0 Å². The normalized spacial score (nSPS) is 48.1. The van der Waals surface area contributed by atoms with Gasteiger partial charge in [-0.2, -0.15) is 0 Å². The van der Waals surface area contributed by atoms with Crippen molar-refractivity contribution >= 4 is 11.9 Å². The number of carbonyl (C=O) groups is 2. The number of rotatable bonds is 3. The molecule has 1 saturated heterocycles. The standard InChI is InChI=1S/C19H29NO3/c1-4-23-16(22)14-5-15(21)20(9-14)19-8-13-6-17(2,11-19)10-18(3,7-13)12-19/h13-14H,4-12H2,1-3H3/t13?,14-,17-,18-,19?/m1/s1. The molecular weight excluding hydrogens is 290 g/mol. The number of amides is 1. The average Bonchev–Trinajstić information content (AvgIpc) is 2.77. The number of hydrogen-bond donors (Lipinski definition) is 0. The quantitative estimate of drug-likeness (QED) is 0.751. The molecule has 23 heavy (non-hydrogen) atoms. The lowest BCUT2D eigenvalue weighted by atomic mass is 9.42. The third-order valence-corrected chi connectivity index (χ3v) is 6.91. The molecule has 5 aliphatic rings. The van der Waals surface area contributed by atoms with Gasteiger partial charge in [0.05, 0.1) is 12.5 Å². The van der Waals surface area contributed by atoms with E-state index in [9.17, 15) is 9.59 Å². The maximum atomic E-state index is 12.7. The Bertz CT molecular complexity index is 539. The summed E-state index contributed by atoms with van der Waals surface area (Å²) in [5, 5.41) is 0. The van der Waals surface area contributed by atoms with Crippen molar-refractivity contribution in [3.8, 4) is 0 Å². The van der Waals surface area contributed by atoms with Gasteiger partial charge in [0.2, 0.25) is 5.91 Å². The molecule has 1 aliphatic heterocycles. The summed E-state index contributed by atoms with van der Waals surface area (Å²) in [5.41, 5.74) is 0.786. The smallest absolute Gasteiger partial charge is 0.311 e. The first-order chi connectivity index (χ1) is 10.8. The molecule has 0 radical (unpaired) electrons. The van der Waals surface area contributed by atoms with Crippen LogP contribution in [0.25, 0.3) is 0 Å². The van der Waals surface area contributed by atoms with Gasteiger partial charge >= 0.3 is 5.97 Å². The molecule has 4 aliphatic carbocycles. The van der Waals surface area contributed by atoms with E-state index in [1.165, 1.54) is 19.3 Å². The van der Waals surface area contributed by atoms with Crippen molar-refractivity contribution in [1.82, 2.24) is 4.90 Å². The summed E-state index contributed by atoms with van der Waals surface area (Å²) < 4.78 is 5.16. The van der Waals surface area contributed by atoms with Gasteiger partial charge < -0.3 is 9.64 Å². The first kappa shape index (κ1) is 15.5. The van der Waals surface area contributed by atoms with Gasteiger partial charge in [-0.25, -0.2) is 0 Å². The largest absolute Gasteiger partial charge is 0.466 e. The molecule has 0 aromatic rings. The minimum atomic E-state index is -0.254. The van der Waals surface area contributed by atoms with Crippen molar-refractivity contribution in [1.29, 1.82) is 0 Å². The molecule has 1 amide bonds. The van der Waals surface area contributed by atoms with Crippen molar-refractivity contribution in [3.63, 3.8) is 0 Å². The van der Waals surface area contributed by atoms with Gasteiger partial charge in [-0.15, -0.1) is 0 Å². The summed E-state index contributed by atoms with van der Waals surface area (Å²) in [7, 11) is 0.